The van der Waals surface area contributed by atoms with Crippen LogP contribution in [-0.4, -0.2) is 28.5 Å². The standard InChI is InChI=1S/C24H25N3O4/c1-16-14-21(17(2)27(16)15-19-10-6-4-7-11-19)24(30)31-18(3)22(28)25-26-23(29)20-12-8-5-9-13-20/h4-14,18H,15H2,1-3H3,(H,25,28)(H,26,29)/t18-/m0/s1. The van der Waals surface area contributed by atoms with Gasteiger partial charge in [0.05, 0.1) is 5.56 Å². The lowest BCUT2D eigenvalue weighted by Crippen LogP contribution is -2.46. The maximum Gasteiger partial charge on any atom is 0.340 e. The number of carbonyl (C=O) groups excluding carboxylic acids is 3. The number of benzene rings is 2. The van der Waals surface area contributed by atoms with Crippen molar-refractivity contribution in [2.75, 3.05) is 0 Å². The number of aryl methyl sites for hydroxylation is 1. The van der Waals surface area contributed by atoms with E-state index >= 15 is 0 Å². The van der Waals surface area contributed by atoms with Gasteiger partial charge in [-0.3, -0.25) is 20.4 Å². The van der Waals surface area contributed by atoms with E-state index in [1.165, 1.54) is 6.92 Å². The molecule has 0 aliphatic rings. The van der Waals surface area contributed by atoms with E-state index in [-0.39, 0.29) is 0 Å². The summed E-state index contributed by atoms with van der Waals surface area (Å²) in [6, 6.07) is 20.1. The fourth-order valence-corrected chi connectivity index (χ4v) is 3.18. The summed E-state index contributed by atoms with van der Waals surface area (Å²) < 4.78 is 7.34. The van der Waals surface area contributed by atoms with Crippen LogP contribution >= 0.6 is 0 Å². The molecule has 0 unspecified atom stereocenters. The second-order valence-electron chi connectivity index (χ2n) is 7.21. The van der Waals surface area contributed by atoms with E-state index in [2.05, 4.69) is 10.9 Å². The summed E-state index contributed by atoms with van der Waals surface area (Å²) in [4.78, 5) is 36.9. The SMILES string of the molecule is Cc1cc(C(=O)O[C@@H](C)C(=O)NNC(=O)c2ccccc2)c(C)n1Cc1ccccc1. The van der Waals surface area contributed by atoms with Crippen molar-refractivity contribution in [2.24, 2.45) is 0 Å². The predicted octanol–water partition coefficient (Wildman–Crippen LogP) is 3.16. The zero-order chi connectivity index (χ0) is 22.4. The average Bonchev–Trinajstić information content (AvgIpc) is 3.06. The summed E-state index contributed by atoms with van der Waals surface area (Å²) in [7, 11) is 0. The first-order valence-corrected chi connectivity index (χ1v) is 9.93. The van der Waals surface area contributed by atoms with Gasteiger partial charge >= 0.3 is 5.97 Å². The molecule has 1 aromatic heterocycles. The molecule has 0 bridgehead atoms. The molecular formula is C24H25N3O4. The van der Waals surface area contributed by atoms with Gasteiger partial charge in [0.2, 0.25) is 0 Å². The van der Waals surface area contributed by atoms with Gasteiger partial charge in [0.25, 0.3) is 11.8 Å². The highest BCUT2D eigenvalue weighted by atomic mass is 16.5. The van der Waals surface area contributed by atoms with Crippen molar-refractivity contribution in [1.29, 1.82) is 0 Å². The van der Waals surface area contributed by atoms with Crippen molar-refractivity contribution in [3.63, 3.8) is 0 Å². The smallest absolute Gasteiger partial charge is 0.340 e. The lowest BCUT2D eigenvalue weighted by Gasteiger charge is -2.14. The Hall–Kier alpha value is -3.87. The average molecular weight is 419 g/mol. The molecule has 3 aromatic rings. The Morgan fingerprint density at radius 1 is 0.935 bits per heavy atom. The highest BCUT2D eigenvalue weighted by Crippen LogP contribution is 2.18. The number of nitrogens with one attached hydrogen (secondary N) is 2. The van der Waals surface area contributed by atoms with Crippen molar-refractivity contribution < 1.29 is 19.1 Å². The number of rotatable bonds is 6. The van der Waals surface area contributed by atoms with Crippen LogP contribution in [0.5, 0.6) is 0 Å². The molecule has 2 aromatic carbocycles. The van der Waals surface area contributed by atoms with Crippen LogP contribution in [0.3, 0.4) is 0 Å². The maximum atomic E-state index is 12.7. The Morgan fingerprint density at radius 3 is 2.19 bits per heavy atom. The van der Waals surface area contributed by atoms with Crippen LogP contribution in [0.25, 0.3) is 0 Å². The first-order chi connectivity index (χ1) is 14.9. The van der Waals surface area contributed by atoms with E-state index in [1.54, 1.807) is 36.4 Å². The summed E-state index contributed by atoms with van der Waals surface area (Å²) in [5, 5.41) is 0. The molecule has 0 fully saturated rings. The molecule has 0 spiro atoms. The molecule has 0 saturated carbocycles. The first-order valence-electron chi connectivity index (χ1n) is 9.93. The molecule has 7 nitrogen and oxygen atoms in total. The minimum Gasteiger partial charge on any atom is -0.449 e. The first kappa shape index (κ1) is 21.8. The second-order valence-corrected chi connectivity index (χ2v) is 7.21. The summed E-state index contributed by atoms with van der Waals surface area (Å²) >= 11 is 0. The summed E-state index contributed by atoms with van der Waals surface area (Å²) in [5.74, 6) is -1.68. The second kappa shape index (κ2) is 9.75. The van der Waals surface area contributed by atoms with Crippen LogP contribution in [0.4, 0.5) is 0 Å². The third-order valence-corrected chi connectivity index (χ3v) is 4.97. The molecule has 7 heteroatoms. The van der Waals surface area contributed by atoms with Crippen LogP contribution in [0.15, 0.2) is 66.7 Å². The van der Waals surface area contributed by atoms with Gasteiger partial charge in [-0.25, -0.2) is 4.79 Å². The monoisotopic (exact) mass is 419 g/mol. The van der Waals surface area contributed by atoms with Crippen LogP contribution in [0, 0.1) is 13.8 Å². The van der Waals surface area contributed by atoms with Gasteiger partial charge in [-0.2, -0.15) is 0 Å². The minimum atomic E-state index is -1.08. The van der Waals surface area contributed by atoms with Crippen molar-refractivity contribution in [1.82, 2.24) is 15.4 Å². The molecule has 160 valence electrons. The zero-order valence-electron chi connectivity index (χ0n) is 17.7. The van der Waals surface area contributed by atoms with Crippen molar-refractivity contribution >= 4 is 17.8 Å². The van der Waals surface area contributed by atoms with Crippen molar-refractivity contribution in [3.05, 3.63) is 94.8 Å². The Balaban J connectivity index is 1.59. The normalized spacial score (nSPS) is 11.5. The number of hydrogen-bond donors (Lipinski definition) is 2. The number of carbonyl (C=O) groups is 3. The quantitative estimate of drug-likeness (QED) is 0.474. The Kier molecular flexibility index (Phi) is 6.87. The largest absolute Gasteiger partial charge is 0.449 e. The molecule has 0 radical (unpaired) electrons. The Bertz CT molecular complexity index is 1070. The number of esters is 1. The van der Waals surface area contributed by atoms with Crippen LogP contribution < -0.4 is 10.9 Å². The van der Waals surface area contributed by atoms with E-state index in [4.69, 9.17) is 4.74 Å². The van der Waals surface area contributed by atoms with Gasteiger partial charge in [0.1, 0.15) is 0 Å². The van der Waals surface area contributed by atoms with E-state index < -0.39 is 23.9 Å². The zero-order valence-corrected chi connectivity index (χ0v) is 17.7. The number of hydrogen-bond acceptors (Lipinski definition) is 4. The maximum absolute atomic E-state index is 12.7. The number of aromatic nitrogens is 1. The molecule has 0 saturated heterocycles. The third-order valence-electron chi connectivity index (χ3n) is 4.97. The van der Waals surface area contributed by atoms with E-state index in [9.17, 15) is 14.4 Å². The third kappa shape index (κ3) is 5.39. The topological polar surface area (TPSA) is 89.4 Å². The molecule has 1 atom stereocenters. The number of hydrazine groups is 1. The van der Waals surface area contributed by atoms with Gasteiger partial charge in [-0.05, 0) is 44.5 Å². The summed E-state index contributed by atoms with van der Waals surface area (Å²) in [5.41, 5.74) is 8.19. The molecule has 1 heterocycles. The Labute approximate surface area is 181 Å². The van der Waals surface area contributed by atoms with Crippen molar-refractivity contribution in [2.45, 2.75) is 33.4 Å². The summed E-state index contributed by atoms with van der Waals surface area (Å²) in [6.07, 6.45) is -1.08. The van der Waals surface area contributed by atoms with Gasteiger partial charge in [0.15, 0.2) is 6.10 Å². The molecule has 3 rings (SSSR count). The molecule has 0 aliphatic heterocycles. The van der Waals surface area contributed by atoms with Crippen molar-refractivity contribution in [3.8, 4) is 0 Å². The van der Waals surface area contributed by atoms with Crippen LogP contribution in [0.2, 0.25) is 0 Å². The number of ether oxygens (including phenoxy) is 1. The van der Waals surface area contributed by atoms with Gasteiger partial charge in [0, 0.05) is 23.5 Å². The number of amides is 2. The lowest BCUT2D eigenvalue weighted by atomic mass is 10.2. The van der Waals surface area contributed by atoms with Gasteiger partial charge in [-0.1, -0.05) is 48.5 Å². The van der Waals surface area contributed by atoms with E-state index in [1.807, 2.05) is 48.7 Å². The van der Waals surface area contributed by atoms with E-state index in [0.717, 1.165) is 17.0 Å². The highest BCUT2D eigenvalue weighted by Gasteiger charge is 2.23. The molecule has 31 heavy (non-hydrogen) atoms. The fraction of sp³-hybridized carbons (Fsp3) is 0.208. The summed E-state index contributed by atoms with van der Waals surface area (Å²) in [6.45, 7) is 5.84. The van der Waals surface area contributed by atoms with Gasteiger partial charge < -0.3 is 9.30 Å². The Morgan fingerprint density at radius 2 is 1.55 bits per heavy atom. The van der Waals surface area contributed by atoms with Crippen LogP contribution in [-0.2, 0) is 16.1 Å². The molecule has 0 aliphatic carbocycles. The fourth-order valence-electron chi connectivity index (χ4n) is 3.18. The van der Waals surface area contributed by atoms with Crippen LogP contribution in [0.1, 0.15) is 44.6 Å². The molecule has 2 amide bonds. The molecular weight excluding hydrogens is 394 g/mol. The highest BCUT2D eigenvalue weighted by molar-refractivity contribution is 5.96. The molecule has 2 N–H and O–H groups in total. The minimum absolute atomic E-state index is 0.401. The predicted molar refractivity (Wildman–Crippen MR) is 116 cm³/mol. The van der Waals surface area contributed by atoms with E-state index in [0.29, 0.717) is 17.7 Å². The number of nitrogens with zero attached hydrogens (tertiary/aromatic N) is 1. The lowest BCUT2D eigenvalue weighted by molar-refractivity contribution is -0.129. The van der Waals surface area contributed by atoms with Gasteiger partial charge in [-0.15, -0.1) is 0 Å².